The number of aliphatic hydroxyl groups is 1. The molecule has 1 saturated carbocycles. The monoisotopic (exact) mass is 418 g/mol. The summed E-state index contributed by atoms with van der Waals surface area (Å²) in [4.78, 5) is 12.9. The van der Waals surface area contributed by atoms with E-state index in [0.717, 1.165) is 18.4 Å². The number of benzene rings is 2. The molecule has 2 aromatic carbocycles. The molecule has 7 heteroatoms. The van der Waals surface area contributed by atoms with Gasteiger partial charge in [-0.05, 0) is 73.2 Å². The number of halogens is 3. The van der Waals surface area contributed by atoms with Crippen molar-refractivity contribution in [2.75, 3.05) is 0 Å². The molecule has 0 saturated heterocycles. The normalized spacial score (nSPS) is 21.1. The lowest BCUT2D eigenvalue weighted by atomic mass is 9.81. The number of ether oxygens (including phenoxy) is 2. The molecule has 4 rings (SSSR count). The minimum atomic E-state index is -4.76. The Bertz CT molecular complexity index is 992. The van der Waals surface area contributed by atoms with Gasteiger partial charge in [-0.25, -0.2) is 0 Å². The van der Waals surface area contributed by atoms with Crippen LogP contribution in [0.15, 0.2) is 48.2 Å². The van der Waals surface area contributed by atoms with Crippen LogP contribution in [0.3, 0.4) is 0 Å². The summed E-state index contributed by atoms with van der Waals surface area (Å²) in [5.74, 6) is 0.534. The highest BCUT2D eigenvalue weighted by Gasteiger charge is 2.41. The molecule has 4 nitrogen and oxygen atoms in total. The highest BCUT2D eigenvalue weighted by atomic mass is 19.4. The molecule has 158 valence electrons. The molecule has 0 aromatic heterocycles. The van der Waals surface area contributed by atoms with Gasteiger partial charge in [0.05, 0.1) is 5.57 Å². The van der Waals surface area contributed by atoms with Gasteiger partial charge >= 0.3 is 6.36 Å². The maximum absolute atomic E-state index is 12.9. The Morgan fingerprint density at radius 2 is 1.63 bits per heavy atom. The van der Waals surface area contributed by atoms with Crippen LogP contribution in [-0.4, -0.2) is 17.3 Å². The second-order valence-electron chi connectivity index (χ2n) is 7.63. The Hall–Kier alpha value is -2.96. The van der Waals surface area contributed by atoms with Gasteiger partial charge in [-0.2, -0.15) is 0 Å². The molecule has 2 bridgehead atoms. The Kier molecular flexibility index (Phi) is 5.22. The summed E-state index contributed by atoms with van der Waals surface area (Å²) < 4.78 is 46.5. The van der Waals surface area contributed by atoms with Crippen molar-refractivity contribution in [3.8, 4) is 17.2 Å². The standard InChI is InChI=1S/C23H21F3O4/c1-2-13-5-6-18(29-16-7-9-17(10-8-16)30-23(24,25)26)12-19(13)20-21(27)14-3-4-15(11-14)22(20)28/h5-10,12,14-15,27H,2-4,11H2,1H3/t14-,15-/m1/s1. The number of aliphatic hydroxyl groups excluding tert-OH is 1. The van der Waals surface area contributed by atoms with Crippen molar-refractivity contribution in [2.45, 2.75) is 39.0 Å². The van der Waals surface area contributed by atoms with Crippen molar-refractivity contribution in [3.05, 3.63) is 59.4 Å². The maximum atomic E-state index is 12.9. The van der Waals surface area contributed by atoms with E-state index in [2.05, 4.69) is 4.74 Å². The molecular formula is C23H21F3O4. The minimum absolute atomic E-state index is 0.0261. The third kappa shape index (κ3) is 4.01. The van der Waals surface area contributed by atoms with E-state index in [1.807, 2.05) is 13.0 Å². The second-order valence-corrected chi connectivity index (χ2v) is 7.63. The molecule has 30 heavy (non-hydrogen) atoms. The molecule has 2 aromatic rings. The number of hydrogen-bond donors (Lipinski definition) is 1. The van der Waals surface area contributed by atoms with Crippen LogP contribution in [0, 0.1) is 11.8 Å². The lowest BCUT2D eigenvalue weighted by Gasteiger charge is -2.23. The molecule has 2 atom stereocenters. The van der Waals surface area contributed by atoms with Gasteiger partial charge in [-0.15, -0.1) is 13.2 Å². The zero-order valence-electron chi connectivity index (χ0n) is 16.3. The first-order valence-electron chi connectivity index (χ1n) is 9.89. The van der Waals surface area contributed by atoms with Crippen molar-refractivity contribution in [3.63, 3.8) is 0 Å². The van der Waals surface area contributed by atoms with Gasteiger partial charge in [-0.3, -0.25) is 4.79 Å². The van der Waals surface area contributed by atoms with E-state index in [4.69, 9.17) is 4.74 Å². The van der Waals surface area contributed by atoms with Gasteiger partial charge in [0.1, 0.15) is 23.0 Å². The van der Waals surface area contributed by atoms with Crippen molar-refractivity contribution in [1.29, 1.82) is 0 Å². The molecule has 2 aliphatic rings. The molecule has 0 spiro atoms. The molecule has 0 amide bonds. The topological polar surface area (TPSA) is 55.8 Å². The zero-order valence-corrected chi connectivity index (χ0v) is 16.3. The molecule has 0 heterocycles. The fraction of sp³-hybridized carbons (Fsp3) is 0.348. The Morgan fingerprint density at radius 3 is 2.30 bits per heavy atom. The summed E-state index contributed by atoms with van der Waals surface area (Å²) in [7, 11) is 0. The molecule has 2 aliphatic carbocycles. The third-order valence-corrected chi connectivity index (χ3v) is 5.72. The number of allylic oxidation sites excluding steroid dienone is 2. The van der Waals surface area contributed by atoms with Crippen molar-refractivity contribution >= 4 is 11.4 Å². The first kappa shape index (κ1) is 20.3. The first-order valence-corrected chi connectivity index (χ1v) is 9.89. The van der Waals surface area contributed by atoms with E-state index in [0.29, 0.717) is 35.5 Å². The number of Topliss-reactive ketones (excluding diaryl/α,β-unsaturated/α-hetero) is 1. The van der Waals surface area contributed by atoms with E-state index >= 15 is 0 Å². The van der Waals surface area contributed by atoms with Gasteiger partial charge in [0.2, 0.25) is 0 Å². The second kappa shape index (κ2) is 7.70. The van der Waals surface area contributed by atoms with Crippen LogP contribution >= 0.6 is 0 Å². The predicted octanol–water partition coefficient (Wildman–Crippen LogP) is 6.21. The van der Waals surface area contributed by atoms with E-state index in [1.54, 1.807) is 12.1 Å². The number of alkyl halides is 3. The van der Waals surface area contributed by atoms with Gasteiger partial charge in [-0.1, -0.05) is 13.0 Å². The first-order chi connectivity index (χ1) is 14.2. The van der Waals surface area contributed by atoms with Crippen LogP contribution < -0.4 is 9.47 Å². The Morgan fingerprint density at radius 1 is 1.00 bits per heavy atom. The Balaban J connectivity index is 1.62. The zero-order chi connectivity index (χ0) is 21.5. The molecule has 1 N–H and O–H groups in total. The molecule has 0 unspecified atom stereocenters. The molecular weight excluding hydrogens is 397 g/mol. The van der Waals surface area contributed by atoms with Crippen LogP contribution in [-0.2, 0) is 11.2 Å². The van der Waals surface area contributed by atoms with Gasteiger partial charge in [0.15, 0.2) is 5.78 Å². The van der Waals surface area contributed by atoms with Crippen LogP contribution in [0.25, 0.3) is 5.57 Å². The highest BCUT2D eigenvalue weighted by Crippen LogP contribution is 2.46. The summed E-state index contributed by atoms with van der Waals surface area (Å²) in [5, 5.41) is 10.7. The van der Waals surface area contributed by atoms with Crippen LogP contribution in [0.2, 0.25) is 0 Å². The minimum Gasteiger partial charge on any atom is -0.511 e. The summed E-state index contributed by atoms with van der Waals surface area (Å²) in [5.41, 5.74) is 1.96. The summed E-state index contributed by atoms with van der Waals surface area (Å²) >= 11 is 0. The van der Waals surface area contributed by atoms with Crippen molar-refractivity contribution in [1.82, 2.24) is 0 Å². The van der Waals surface area contributed by atoms with Crippen LogP contribution in [0.5, 0.6) is 17.2 Å². The fourth-order valence-electron chi connectivity index (χ4n) is 4.28. The third-order valence-electron chi connectivity index (χ3n) is 5.72. The number of carbonyl (C=O) groups excluding carboxylic acids is 1. The van der Waals surface area contributed by atoms with Gasteiger partial charge < -0.3 is 14.6 Å². The lowest BCUT2D eigenvalue weighted by Crippen LogP contribution is -2.21. The largest absolute Gasteiger partial charge is 0.573 e. The quantitative estimate of drug-likeness (QED) is 0.627. The highest BCUT2D eigenvalue weighted by molar-refractivity contribution is 6.23. The van der Waals surface area contributed by atoms with E-state index in [9.17, 15) is 23.1 Å². The number of rotatable bonds is 5. The number of aryl methyl sites for hydroxylation is 1. The number of fused-ring (bicyclic) bond motifs is 2. The molecule has 0 radical (unpaired) electrons. The van der Waals surface area contributed by atoms with E-state index < -0.39 is 6.36 Å². The van der Waals surface area contributed by atoms with Gasteiger partial charge in [0.25, 0.3) is 0 Å². The van der Waals surface area contributed by atoms with E-state index in [1.165, 1.54) is 24.3 Å². The number of hydrogen-bond acceptors (Lipinski definition) is 4. The smallest absolute Gasteiger partial charge is 0.511 e. The van der Waals surface area contributed by atoms with Crippen molar-refractivity contribution in [2.24, 2.45) is 11.8 Å². The number of carbonyl (C=O) groups is 1. The number of ketones is 1. The summed E-state index contributed by atoms with van der Waals surface area (Å²) in [6, 6.07) is 10.4. The fourth-order valence-corrected chi connectivity index (χ4v) is 4.28. The van der Waals surface area contributed by atoms with Gasteiger partial charge in [0, 0.05) is 11.8 Å². The average Bonchev–Trinajstić information content (AvgIpc) is 3.15. The summed E-state index contributed by atoms with van der Waals surface area (Å²) in [6.45, 7) is 1.97. The van der Waals surface area contributed by atoms with Crippen molar-refractivity contribution < 1.29 is 32.5 Å². The average molecular weight is 418 g/mol. The SMILES string of the molecule is CCc1ccc(Oc2ccc(OC(F)(F)F)cc2)cc1C1=C(O)[C@@H]2CC[C@H](C2)C1=O. The van der Waals surface area contributed by atoms with Crippen LogP contribution in [0.1, 0.15) is 37.3 Å². The van der Waals surface area contributed by atoms with E-state index in [-0.39, 0.29) is 29.1 Å². The Labute approximate surface area is 171 Å². The predicted molar refractivity (Wildman–Crippen MR) is 104 cm³/mol. The van der Waals surface area contributed by atoms with Crippen LogP contribution in [0.4, 0.5) is 13.2 Å². The molecule has 1 fully saturated rings. The summed E-state index contributed by atoms with van der Waals surface area (Å²) in [6.07, 6.45) is -1.76. The molecule has 0 aliphatic heterocycles. The lowest BCUT2D eigenvalue weighted by molar-refractivity contribution is -0.274. The maximum Gasteiger partial charge on any atom is 0.573 e.